The van der Waals surface area contributed by atoms with Gasteiger partial charge in [0.2, 0.25) is 5.96 Å². The highest BCUT2D eigenvalue weighted by atomic mass is 19.2. The summed E-state index contributed by atoms with van der Waals surface area (Å²) in [6.45, 7) is 11.8. The number of hydrazone groups is 1. The standard InChI is InChI=1S/C15H26FN5/c1-6-21(17-4)15(18-13(3)19-16)20(5)14-10-8-7-9-12(2)11-14/h14H,2,4,6-11H2,1,3,5H3. The Morgan fingerprint density at radius 1 is 1.43 bits per heavy atom. The molecule has 1 rings (SSSR count). The minimum Gasteiger partial charge on any atom is -0.341 e. The van der Waals surface area contributed by atoms with Gasteiger partial charge in [0, 0.05) is 26.4 Å². The lowest BCUT2D eigenvalue weighted by atomic mass is 10.1. The van der Waals surface area contributed by atoms with Gasteiger partial charge in [0.15, 0.2) is 5.84 Å². The molecule has 1 unspecified atom stereocenters. The van der Waals surface area contributed by atoms with Crippen LogP contribution >= 0.6 is 0 Å². The molecule has 0 aliphatic heterocycles. The Labute approximate surface area is 126 Å². The van der Waals surface area contributed by atoms with E-state index in [1.807, 2.05) is 18.9 Å². The third-order valence-electron chi connectivity index (χ3n) is 3.79. The highest BCUT2D eigenvalue weighted by Crippen LogP contribution is 2.25. The van der Waals surface area contributed by atoms with Gasteiger partial charge in [-0.05, 0) is 39.5 Å². The molecule has 21 heavy (non-hydrogen) atoms. The predicted octanol–water partition coefficient (Wildman–Crippen LogP) is 3.40. The minimum absolute atomic E-state index is 0.0754. The first-order chi connectivity index (χ1) is 10.0. The second kappa shape index (κ2) is 8.54. The normalized spacial score (nSPS) is 21.0. The number of nitrogens with zero attached hydrogens (tertiary/aromatic N) is 5. The van der Waals surface area contributed by atoms with Gasteiger partial charge in [0.05, 0.1) is 0 Å². The molecule has 1 fully saturated rings. The topological polar surface area (TPSA) is 43.6 Å². The second-order valence-corrected chi connectivity index (χ2v) is 5.37. The van der Waals surface area contributed by atoms with Gasteiger partial charge in [0.25, 0.3) is 0 Å². The molecule has 1 aliphatic carbocycles. The Bertz CT molecular complexity index is 430. The van der Waals surface area contributed by atoms with Crippen LogP contribution < -0.4 is 0 Å². The number of hydrogen-bond acceptors (Lipinski definition) is 2. The van der Waals surface area contributed by atoms with Crippen molar-refractivity contribution in [3.63, 3.8) is 0 Å². The predicted molar refractivity (Wildman–Crippen MR) is 87.4 cm³/mol. The summed E-state index contributed by atoms with van der Waals surface area (Å²) >= 11 is 0. The lowest BCUT2D eigenvalue weighted by molar-refractivity contribution is 0.291. The summed E-state index contributed by atoms with van der Waals surface area (Å²) in [5.74, 6) is 0.650. The molecule has 6 heteroatoms. The van der Waals surface area contributed by atoms with Crippen LogP contribution in [0.25, 0.3) is 0 Å². The van der Waals surface area contributed by atoms with Crippen molar-refractivity contribution in [1.82, 2.24) is 9.91 Å². The smallest absolute Gasteiger partial charge is 0.223 e. The third-order valence-corrected chi connectivity index (χ3v) is 3.79. The number of hydrogen-bond donors (Lipinski definition) is 0. The molecule has 1 aliphatic rings. The Kier molecular flexibility index (Phi) is 7.05. The lowest BCUT2D eigenvalue weighted by Crippen LogP contribution is -2.45. The van der Waals surface area contributed by atoms with Crippen molar-refractivity contribution < 1.29 is 4.48 Å². The fourth-order valence-electron chi connectivity index (χ4n) is 2.57. The second-order valence-electron chi connectivity index (χ2n) is 5.37. The summed E-state index contributed by atoms with van der Waals surface area (Å²) in [5.41, 5.74) is 1.26. The summed E-state index contributed by atoms with van der Waals surface area (Å²) < 4.78 is 12.4. The first-order valence-corrected chi connectivity index (χ1v) is 7.41. The van der Waals surface area contributed by atoms with E-state index in [1.54, 1.807) is 5.01 Å². The number of aliphatic imine (C=N–C) groups is 1. The van der Waals surface area contributed by atoms with Crippen molar-refractivity contribution >= 4 is 18.5 Å². The molecule has 0 saturated heterocycles. The summed E-state index contributed by atoms with van der Waals surface area (Å²) in [7, 11) is 1.96. The average Bonchev–Trinajstić information content (AvgIpc) is 2.71. The van der Waals surface area contributed by atoms with Crippen LogP contribution in [0.15, 0.2) is 27.5 Å². The van der Waals surface area contributed by atoms with E-state index >= 15 is 0 Å². The van der Waals surface area contributed by atoms with Crippen molar-refractivity contribution in [2.75, 3.05) is 13.6 Å². The molecule has 0 N–H and O–H groups in total. The lowest BCUT2D eigenvalue weighted by Gasteiger charge is -2.33. The van der Waals surface area contributed by atoms with Crippen LogP contribution in [0.4, 0.5) is 4.48 Å². The maximum Gasteiger partial charge on any atom is 0.223 e. The molecule has 0 spiro atoms. The zero-order chi connectivity index (χ0) is 15.8. The van der Waals surface area contributed by atoms with Crippen molar-refractivity contribution in [3.8, 4) is 0 Å². The first kappa shape index (κ1) is 17.3. The van der Waals surface area contributed by atoms with E-state index in [0.29, 0.717) is 18.5 Å². The molecule has 0 aromatic carbocycles. The van der Waals surface area contributed by atoms with Crippen molar-refractivity contribution in [1.29, 1.82) is 0 Å². The first-order valence-electron chi connectivity index (χ1n) is 7.41. The fourth-order valence-corrected chi connectivity index (χ4v) is 2.57. The van der Waals surface area contributed by atoms with E-state index in [2.05, 4.69) is 28.6 Å². The van der Waals surface area contributed by atoms with Gasteiger partial charge in [-0.2, -0.15) is 10.1 Å². The average molecular weight is 295 g/mol. The molecule has 0 radical (unpaired) electrons. The van der Waals surface area contributed by atoms with Crippen molar-refractivity contribution in [2.45, 2.75) is 52.0 Å². The Morgan fingerprint density at radius 2 is 2.14 bits per heavy atom. The van der Waals surface area contributed by atoms with Crippen molar-refractivity contribution in [3.05, 3.63) is 12.2 Å². The van der Waals surface area contributed by atoms with Gasteiger partial charge in [-0.1, -0.05) is 28.3 Å². The van der Waals surface area contributed by atoms with Crippen LogP contribution in [-0.2, 0) is 0 Å². The molecule has 0 heterocycles. The van der Waals surface area contributed by atoms with Gasteiger partial charge < -0.3 is 4.90 Å². The van der Waals surface area contributed by atoms with E-state index < -0.39 is 0 Å². The quantitative estimate of drug-likeness (QED) is 0.263. The molecule has 1 atom stereocenters. The highest BCUT2D eigenvalue weighted by Gasteiger charge is 2.24. The van der Waals surface area contributed by atoms with Gasteiger partial charge in [-0.3, -0.25) is 0 Å². The molecular weight excluding hydrogens is 269 g/mol. The van der Waals surface area contributed by atoms with E-state index in [4.69, 9.17) is 0 Å². The number of halogens is 1. The summed E-state index contributed by atoms with van der Waals surface area (Å²) in [6, 6.07) is 0.293. The van der Waals surface area contributed by atoms with E-state index in [0.717, 1.165) is 25.7 Å². The Balaban J connectivity index is 3.03. The zero-order valence-corrected chi connectivity index (χ0v) is 13.3. The number of amidine groups is 1. The molecule has 1 saturated carbocycles. The zero-order valence-electron chi connectivity index (χ0n) is 13.3. The van der Waals surface area contributed by atoms with Gasteiger partial charge in [0.1, 0.15) is 0 Å². The van der Waals surface area contributed by atoms with Crippen LogP contribution in [0.2, 0.25) is 0 Å². The van der Waals surface area contributed by atoms with Crippen molar-refractivity contribution in [2.24, 2.45) is 15.3 Å². The molecule has 5 nitrogen and oxygen atoms in total. The number of guanidine groups is 1. The maximum atomic E-state index is 12.4. The maximum absolute atomic E-state index is 12.4. The molecule has 0 aromatic rings. The Morgan fingerprint density at radius 3 is 2.71 bits per heavy atom. The van der Waals surface area contributed by atoms with Crippen LogP contribution in [0.1, 0.15) is 46.0 Å². The van der Waals surface area contributed by atoms with Crippen LogP contribution in [0.3, 0.4) is 0 Å². The molecule has 118 valence electrons. The van der Waals surface area contributed by atoms with Gasteiger partial charge in [-0.15, -0.1) is 0 Å². The molecule has 0 amide bonds. The Hall–Kier alpha value is -1.72. The molecular formula is C15H26FN5. The summed E-state index contributed by atoms with van der Waals surface area (Å²) in [5, 5.41) is 8.26. The van der Waals surface area contributed by atoms with Crippen LogP contribution in [0.5, 0.6) is 0 Å². The van der Waals surface area contributed by atoms with Gasteiger partial charge >= 0.3 is 0 Å². The molecule has 0 aromatic heterocycles. The van der Waals surface area contributed by atoms with Crippen LogP contribution in [0, 0.1) is 0 Å². The van der Waals surface area contributed by atoms with E-state index in [1.165, 1.54) is 18.9 Å². The minimum atomic E-state index is 0.0754. The third kappa shape index (κ3) is 4.95. The van der Waals surface area contributed by atoms with E-state index in [-0.39, 0.29) is 5.84 Å². The van der Waals surface area contributed by atoms with Gasteiger partial charge in [-0.25, -0.2) is 5.01 Å². The summed E-state index contributed by atoms with van der Waals surface area (Å²) in [6.07, 6.45) is 5.41. The van der Waals surface area contributed by atoms with Crippen LogP contribution in [-0.4, -0.2) is 48.1 Å². The molecule has 0 bridgehead atoms. The fraction of sp³-hybridized carbons (Fsp3) is 0.667. The SMILES string of the molecule is C=NN(CC)C(=NC(C)=NF)N(C)C1CCCCC(=C)C1. The highest BCUT2D eigenvalue weighted by molar-refractivity contribution is 5.94. The monoisotopic (exact) mass is 295 g/mol. The number of rotatable bonds is 3. The van der Waals surface area contributed by atoms with E-state index in [9.17, 15) is 4.48 Å². The summed E-state index contributed by atoms with van der Waals surface area (Å²) in [4.78, 5) is 6.29. The largest absolute Gasteiger partial charge is 0.341 e.